The van der Waals surface area contributed by atoms with Crippen LogP contribution in [0.2, 0.25) is 5.02 Å². The first-order valence-corrected chi connectivity index (χ1v) is 6.55. The lowest BCUT2D eigenvalue weighted by Crippen LogP contribution is -2.26. The molecule has 1 heterocycles. The lowest BCUT2D eigenvalue weighted by molar-refractivity contribution is 0.486. The number of hydrogen-bond acceptors (Lipinski definition) is 4. The predicted octanol–water partition coefficient (Wildman–Crippen LogP) is 1.42. The van der Waals surface area contributed by atoms with Crippen LogP contribution in [-0.2, 0) is 10.0 Å². The lowest BCUT2D eigenvalue weighted by Gasteiger charge is -2.15. The summed E-state index contributed by atoms with van der Waals surface area (Å²) in [6.07, 6.45) is 1.29. The second-order valence-corrected chi connectivity index (χ2v) is 5.62. The Kier molecular flexibility index (Phi) is 4.12. The van der Waals surface area contributed by atoms with Crippen LogP contribution in [0.3, 0.4) is 0 Å². The van der Waals surface area contributed by atoms with Gasteiger partial charge in [-0.2, -0.15) is 0 Å². The van der Waals surface area contributed by atoms with Crippen molar-refractivity contribution in [2.24, 2.45) is 0 Å². The van der Waals surface area contributed by atoms with E-state index in [1.54, 1.807) is 14.0 Å². The molecule has 0 unspecified atom stereocenters. The SMILES string of the molecule is CCN(C)S(=O)(=O)c1cnc(NC)c(Cl)c1. The van der Waals surface area contributed by atoms with E-state index in [2.05, 4.69) is 10.3 Å². The Hall–Kier alpha value is -0.850. The van der Waals surface area contributed by atoms with Crippen molar-refractivity contribution in [3.05, 3.63) is 17.3 Å². The second-order valence-electron chi connectivity index (χ2n) is 3.17. The van der Waals surface area contributed by atoms with Gasteiger partial charge in [0.2, 0.25) is 10.0 Å². The highest BCUT2D eigenvalue weighted by atomic mass is 35.5. The number of rotatable bonds is 4. The molecule has 16 heavy (non-hydrogen) atoms. The number of pyridine rings is 1. The van der Waals surface area contributed by atoms with Crippen LogP contribution in [0, 0.1) is 0 Å². The van der Waals surface area contributed by atoms with E-state index < -0.39 is 10.0 Å². The van der Waals surface area contributed by atoms with E-state index in [0.717, 1.165) is 0 Å². The first-order valence-electron chi connectivity index (χ1n) is 4.73. The van der Waals surface area contributed by atoms with Gasteiger partial charge in [-0.3, -0.25) is 0 Å². The maximum Gasteiger partial charge on any atom is 0.244 e. The molecular weight excluding hydrogens is 250 g/mol. The summed E-state index contributed by atoms with van der Waals surface area (Å²) in [4.78, 5) is 4.03. The lowest BCUT2D eigenvalue weighted by atomic mass is 10.4. The third-order valence-electron chi connectivity index (χ3n) is 2.21. The molecule has 0 aliphatic carbocycles. The number of anilines is 1. The summed E-state index contributed by atoms with van der Waals surface area (Å²) in [5, 5.41) is 3.05. The maximum atomic E-state index is 11.9. The van der Waals surface area contributed by atoms with Gasteiger partial charge in [-0.15, -0.1) is 0 Å². The highest BCUT2D eigenvalue weighted by molar-refractivity contribution is 7.89. The van der Waals surface area contributed by atoms with E-state index >= 15 is 0 Å². The quantitative estimate of drug-likeness (QED) is 0.892. The van der Waals surface area contributed by atoms with Gasteiger partial charge in [0.05, 0.1) is 5.02 Å². The first kappa shape index (κ1) is 13.2. The van der Waals surface area contributed by atoms with Crippen molar-refractivity contribution in [1.29, 1.82) is 0 Å². The molecule has 0 fully saturated rings. The van der Waals surface area contributed by atoms with Gasteiger partial charge in [0.25, 0.3) is 0 Å². The summed E-state index contributed by atoms with van der Waals surface area (Å²) in [5.41, 5.74) is 0. The van der Waals surface area contributed by atoms with E-state index in [1.807, 2.05) is 0 Å². The van der Waals surface area contributed by atoms with Gasteiger partial charge in [0, 0.05) is 26.8 Å². The molecule has 90 valence electrons. The average Bonchev–Trinajstić information content (AvgIpc) is 2.27. The molecule has 0 spiro atoms. The minimum Gasteiger partial charge on any atom is -0.372 e. The van der Waals surface area contributed by atoms with Gasteiger partial charge >= 0.3 is 0 Å². The van der Waals surface area contributed by atoms with Crippen LogP contribution >= 0.6 is 11.6 Å². The Bertz CT molecular complexity index is 476. The largest absolute Gasteiger partial charge is 0.372 e. The minimum absolute atomic E-state index is 0.0980. The molecule has 7 heteroatoms. The number of halogens is 1. The van der Waals surface area contributed by atoms with Crippen LogP contribution in [-0.4, -0.2) is 38.3 Å². The van der Waals surface area contributed by atoms with Crippen molar-refractivity contribution in [3.8, 4) is 0 Å². The van der Waals surface area contributed by atoms with Crippen LogP contribution in [0.1, 0.15) is 6.92 Å². The Morgan fingerprint density at radius 2 is 2.19 bits per heavy atom. The molecule has 0 bridgehead atoms. The summed E-state index contributed by atoms with van der Waals surface area (Å²) >= 11 is 5.88. The van der Waals surface area contributed by atoms with Crippen LogP contribution in [0.25, 0.3) is 0 Å². The number of nitrogens with one attached hydrogen (secondary N) is 1. The van der Waals surface area contributed by atoms with E-state index in [-0.39, 0.29) is 9.92 Å². The Morgan fingerprint density at radius 1 is 1.56 bits per heavy atom. The summed E-state index contributed by atoms with van der Waals surface area (Å²) in [6, 6.07) is 1.39. The van der Waals surface area contributed by atoms with Gasteiger partial charge in [0.1, 0.15) is 10.7 Å². The van der Waals surface area contributed by atoms with Crippen LogP contribution in [0.5, 0.6) is 0 Å². The number of hydrogen-bond donors (Lipinski definition) is 1. The third kappa shape index (κ3) is 2.45. The van der Waals surface area contributed by atoms with Gasteiger partial charge in [-0.05, 0) is 6.07 Å². The van der Waals surface area contributed by atoms with Crippen LogP contribution < -0.4 is 5.32 Å². The van der Waals surface area contributed by atoms with Gasteiger partial charge < -0.3 is 5.32 Å². The van der Waals surface area contributed by atoms with Crippen molar-refractivity contribution in [3.63, 3.8) is 0 Å². The first-order chi connectivity index (χ1) is 7.43. The number of aromatic nitrogens is 1. The summed E-state index contributed by atoms with van der Waals surface area (Å²) in [7, 11) is -0.302. The molecule has 0 aromatic carbocycles. The Balaban J connectivity index is 3.21. The molecule has 0 saturated carbocycles. The summed E-state index contributed by atoms with van der Waals surface area (Å²) in [6.45, 7) is 2.16. The van der Waals surface area contributed by atoms with Gasteiger partial charge in [-0.1, -0.05) is 18.5 Å². The minimum atomic E-state index is -3.48. The fourth-order valence-electron chi connectivity index (χ4n) is 1.10. The maximum absolute atomic E-state index is 11.9. The van der Waals surface area contributed by atoms with E-state index in [1.165, 1.54) is 23.6 Å². The topological polar surface area (TPSA) is 62.3 Å². The van der Waals surface area contributed by atoms with Crippen molar-refractivity contribution >= 4 is 27.4 Å². The zero-order chi connectivity index (χ0) is 12.3. The molecule has 1 aromatic rings. The van der Waals surface area contributed by atoms with E-state index in [9.17, 15) is 8.42 Å². The average molecular weight is 264 g/mol. The molecule has 0 saturated heterocycles. The molecule has 0 aliphatic rings. The third-order valence-corrected chi connectivity index (χ3v) is 4.39. The van der Waals surface area contributed by atoms with Crippen LogP contribution in [0.4, 0.5) is 5.82 Å². The Morgan fingerprint density at radius 3 is 2.62 bits per heavy atom. The molecule has 1 aromatic heterocycles. The summed E-state index contributed by atoms with van der Waals surface area (Å²) < 4.78 is 25.1. The van der Waals surface area contributed by atoms with Crippen molar-refractivity contribution in [2.45, 2.75) is 11.8 Å². The molecule has 0 aliphatic heterocycles. The predicted molar refractivity (Wildman–Crippen MR) is 64.3 cm³/mol. The standard InChI is InChI=1S/C9H14ClN3O2S/c1-4-13(3)16(14,15)7-5-8(10)9(11-2)12-6-7/h5-6H,4H2,1-3H3,(H,11,12). The van der Waals surface area contributed by atoms with Crippen molar-refractivity contribution in [2.75, 3.05) is 26.0 Å². The monoisotopic (exact) mass is 263 g/mol. The van der Waals surface area contributed by atoms with Gasteiger partial charge in [-0.25, -0.2) is 17.7 Å². The normalized spacial score (nSPS) is 11.8. The molecule has 0 atom stereocenters. The zero-order valence-corrected chi connectivity index (χ0v) is 10.9. The summed E-state index contributed by atoms with van der Waals surface area (Å²) in [5.74, 6) is 0.458. The molecule has 0 radical (unpaired) electrons. The van der Waals surface area contributed by atoms with Crippen molar-refractivity contribution in [1.82, 2.24) is 9.29 Å². The smallest absolute Gasteiger partial charge is 0.244 e. The number of sulfonamides is 1. The molecule has 1 N–H and O–H groups in total. The molecule has 5 nitrogen and oxygen atoms in total. The highest BCUT2D eigenvalue weighted by Gasteiger charge is 2.20. The van der Waals surface area contributed by atoms with E-state index in [4.69, 9.17) is 11.6 Å². The van der Waals surface area contributed by atoms with Gasteiger partial charge in [0.15, 0.2) is 0 Å². The van der Waals surface area contributed by atoms with Crippen molar-refractivity contribution < 1.29 is 8.42 Å². The zero-order valence-electron chi connectivity index (χ0n) is 9.36. The molecule has 0 amide bonds. The number of nitrogens with zero attached hydrogens (tertiary/aromatic N) is 2. The van der Waals surface area contributed by atoms with Crippen LogP contribution in [0.15, 0.2) is 17.2 Å². The fraction of sp³-hybridized carbons (Fsp3) is 0.444. The fourth-order valence-corrected chi connectivity index (χ4v) is 2.57. The highest BCUT2D eigenvalue weighted by Crippen LogP contribution is 2.23. The Labute approximate surface area is 100 Å². The molecular formula is C9H14ClN3O2S. The molecule has 1 rings (SSSR count). The van der Waals surface area contributed by atoms with E-state index in [0.29, 0.717) is 12.4 Å². The second kappa shape index (κ2) is 4.99.